The molecule has 5 heteroatoms. The summed E-state index contributed by atoms with van der Waals surface area (Å²) >= 11 is -1.33. The van der Waals surface area contributed by atoms with E-state index in [2.05, 4.69) is 9.44 Å². The maximum atomic E-state index is 10.6. The van der Waals surface area contributed by atoms with Gasteiger partial charge in [-0.15, -0.1) is 0 Å². The summed E-state index contributed by atoms with van der Waals surface area (Å²) in [6, 6.07) is 0. The highest BCUT2D eigenvalue weighted by atomic mass is 32.2. The summed E-state index contributed by atoms with van der Waals surface area (Å²) < 4.78 is 16.6. The third kappa shape index (κ3) is 1.54. The third-order valence-electron chi connectivity index (χ3n) is 1.19. The van der Waals surface area contributed by atoms with Crippen molar-refractivity contribution in [3.63, 3.8) is 0 Å². The standard InChI is InChI=1S/C5H10N2O2S/c1-5(2,3)4-6-9-10(8)7-4/h1-3H3,(H,6,7)/p+1. The molecule has 0 saturated carbocycles. The summed E-state index contributed by atoms with van der Waals surface area (Å²) in [5, 5.41) is 3.65. The van der Waals surface area contributed by atoms with Gasteiger partial charge in [0.05, 0.1) is 5.41 Å². The molecule has 2 N–H and O–H groups in total. The van der Waals surface area contributed by atoms with Gasteiger partial charge in [0.2, 0.25) is 0 Å². The second-order valence-electron chi connectivity index (χ2n) is 3.18. The Labute approximate surface area is 62.4 Å². The van der Waals surface area contributed by atoms with Crippen molar-refractivity contribution in [1.29, 1.82) is 0 Å². The molecule has 1 unspecified atom stereocenters. The molecule has 0 aromatic rings. The van der Waals surface area contributed by atoms with Crippen LogP contribution in [0.15, 0.2) is 5.16 Å². The summed E-state index contributed by atoms with van der Waals surface area (Å²) in [5.74, 6) is 0.755. The zero-order chi connectivity index (χ0) is 7.78. The SMILES string of the molecule is CC(C)(C)C1=NOS(=O)[NH2+]1. The fourth-order valence-corrected chi connectivity index (χ4v) is 1.30. The number of rotatable bonds is 0. The molecule has 0 aliphatic carbocycles. The molecule has 0 saturated heterocycles. The minimum atomic E-state index is -1.33. The highest BCUT2D eigenvalue weighted by Gasteiger charge is 2.32. The molecule has 0 bridgehead atoms. The van der Waals surface area contributed by atoms with Gasteiger partial charge in [0, 0.05) is 0 Å². The second kappa shape index (κ2) is 2.32. The number of nitrogens with zero attached hydrogens (tertiary/aromatic N) is 1. The van der Waals surface area contributed by atoms with Gasteiger partial charge >= 0.3 is 11.3 Å². The van der Waals surface area contributed by atoms with Crippen molar-refractivity contribution in [2.45, 2.75) is 20.8 Å². The molecule has 4 nitrogen and oxygen atoms in total. The lowest BCUT2D eigenvalue weighted by atomic mass is 9.96. The van der Waals surface area contributed by atoms with Gasteiger partial charge in [0.15, 0.2) is 0 Å². The Balaban J connectivity index is 2.69. The van der Waals surface area contributed by atoms with Crippen LogP contribution in [-0.4, -0.2) is 10.0 Å². The van der Waals surface area contributed by atoms with Crippen LogP contribution in [0.25, 0.3) is 0 Å². The fourth-order valence-electron chi connectivity index (χ4n) is 0.525. The number of nitrogens with two attached hydrogens (primary N) is 1. The monoisotopic (exact) mass is 163 g/mol. The van der Waals surface area contributed by atoms with Crippen LogP contribution in [0, 0.1) is 5.41 Å². The number of oxime groups is 1. The summed E-state index contributed by atoms with van der Waals surface area (Å²) in [7, 11) is 0. The zero-order valence-corrected chi connectivity index (χ0v) is 7.07. The molecular formula is C5H11N2O2S+. The molecule has 0 amide bonds. The quantitative estimate of drug-likeness (QED) is 0.524. The minimum Gasteiger partial charge on any atom is -0.238 e. The van der Waals surface area contributed by atoms with Gasteiger partial charge in [-0.1, -0.05) is 0 Å². The smallest absolute Gasteiger partial charge is 0.238 e. The highest BCUT2D eigenvalue weighted by Crippen LogP contribution is 2.13. The van der Waals surface area contributed by atoms with E-state index < -0.39 is 11.3 Å². The van der Waals surface area contributed by atoms with E-state index in [1.165, 1.54) is 4.72 Å². The molecule has 1 aliphatic rings. The first kappa shape index (κ1) is 7.68. The van der Waals surface area contributed by atoms with E-state index in [0.717, 1.165) is 5.84 Å². The molecule has 0 aromatic heterocycles. The predicted molar refractivity (Wildman–Crippen MR) is 38.0 cm³/mol. The van der Waals surface area contributed by atoms with Gasteiger partial charge in [0.25, 0.3) is 5.84 Å². The van der Waals surface area contributed by atoms with Crippen molar-refractivity contribution < 1.29 is 13.2 Å². The summed E-state index contributed by atoms with van der Waals surface area (Å²) in [5.41, 5.74) is -0.0633. The number of hydrogen-bond acceptors (Lipinski definition) is 3. The zero-order valence-electron chi connectivity index (χ0n) is 6.25. The van der Waals surface area contributed by atoms with Crippen molar-refractivity contribution in [2.24, 2.45) is 10.6 Å². The molecule has 0 spiro atoms. The molecule has 0 aromatic carbocycles. The molecule has 1 atom stereocenters. The lowest BCUT2D eigenvalue weighted by Crippen LogP contribution is -2.88. The molecular weight excluding hydrogens is 152 g/mol. The van der Waals surface area contributed by atoms with Crippen molar-refractivity contribution in [3.05, 3.63) is 0 Å². The summed E-state index contributed by atoms with van der Waals surface area (Å²) in [6.45, 7) is 5.98. The molecule has 58 valence electrons. The third-order valence-corrected chi connectivity index (χ3v) is 1.82. The van der Waals surface area contributed by atoms with Crippen LogP contribution in [0.2, 0.25) is 0 Å². The topological polar surface area (TPSA) is 55.3 Å². The lowest BCUT2D eigenvalue weighted by Gasteiger charge is -2.10. The van der Waals surface area contributed by atoms with Crippen LogP contribution in [0.5, 0.6) is 0 Å². The Morgan fingerprint density at radius 1 is 1.60 bits per heavy atom. The molecule has 1 aliphatic heterocycles. The van der Waals surface area contributed by atoms with Crippen molar-refractivity contribution in [3.8, 4) is 0 Å². The van der Waals surface area contributed by atoms with Crippen molar-refractivity contribution in [2.75, 3.05) is 0 Å². The Bertz CT molecular complexity index is 194. The van der Waals surface area contributed by atoms with Crippen molar-refractivity contribution in [1.82, 2.24) is 0 Å². The van der Waals surface area contributed by atoms with Crippen LogP contribution >= 0.6 is 0 Å². The number of hydrogen-bond donors (Lipinski definition) is 1. The average molecular weight is 163 g/mol. The van der Waals surface area contributed by atoms with E-state index in [0.29, 0.717) is 0 Å². The maximum absolute atomic E-state index is 10.6. The first-order valence-electron chi connectivity index (χ1n) is 3.01. The first-order valence-corrected chi connectivity index (χ1v) is 4.15. The van der Waals surface area contributed by atoms with Gasteiger partial charge in [-0.25, -0.2) is 4.28 Å². The van der Waals surface area contributed by atoms with Crippen LogP contribution < -0.4 is 4.72 Å². The Kier molecular flexibility index (Phi) is 1.78. The van der Waals surface area contributed by atoms with Crippen LogP contribution in [-0.2, 0) is 15.6 Å². The van der Waals surface area contributed by atoms with E-state index in [4.69, 9.17) is 0 Å². The number of amidine groups is 1. The molecule has 0 radical (unpaired) electrons. The van der Waals surface area contributed by atoms with Gasteiger partial charge in [-0.2, -0.15) is 8.93 Å². The average Bonchev–Trinajstić information content (AvgIpc) is 2.11. The molecule has 1 heterocycles. The normalized spacial score (nSPS) is 25.9. The van der Waals surface area contributed by atoms with Gasteiger partial charge in [0.1, 0.15) is 0 Å². The number of quaternary nitrogens is 1. The van der Waals surface area contributed by atoms with Gasteiger partial charge in [-0.05, 0) is 25.9 Å². The largest absolute Gasteiger partial charge is 0.442 e. The first-order chi connectivity index (χ1) is 4.50. The van der Waals surface area contributed by atoms with E-state index in [1.54, 1.807) is 0 Å². The van der Waals surface area contributed by atoms with Crippen LogP contribution in [0.1, 0.15) is 20.8 Å². The van der Waals surface area contributed by atoms with E-state index in [-0.39, 0.29) is 5.41 Å². The maximum Gasteiger partial charge on any atom is 0.442 e. The molecule has 0 fully saturated rings. The van der Waals surface area contributed by atoms with E-state index in [1.807, 2.05) is 20.8 Å². The Hall–Kier alpha value is -0.420. The highest BCUT2D eigenvalue weighted by molar-refractivity contribution is 7.73. The van der Waals surface area contributed by atoms with Crippen LogP contribution in [0.4, 0.5) is 0 Å². The molecule has 1 rings (SSSR count). The van der Waals surface area contributed by atoms with E-state index >= 15 is 0 Å². The molecule has 10 heavy (non-hydrogen) atoms. The fraction of sp³-hybridized carbons (Fsp3) is 0.800. The van der Waals surface area contributed by atoms with Gasteiger partial charge < -0.3 is 0 Å². The summed E-state index contributed by atoms with van der Waals surface area (Å²) in [6.07, 6.45) is 0. The Morgan fingerprint density at radius 2 is 2.20 bits per heavy atom. The predicted octanol–water partition coefficient (Wildman–Crippen LogP) is -0.482. The van der Waals surface area contributed by atoms with Crippen molar-refractivity contribution >= 4 is 17.1 Å². The Morgan fingerprint density at radius 3 is 2.40 bits per heavy atom. The van der Waals surface area contributed by atoms with E-state index in [9.17, 15) is 4.21 Å². The lowest BCUT2D eigenvalue weighted by molar-refractivity contribution is -0.361. The second-order valence-corrected chi connectivity index (χ2v) is 4.09. The van der Waals surface area contributed by atoms with Gasteiger partial charge in [-0.3, -0.25) is 0 Å². The summed E-state index contributed by atoms with van der Waals surface area (Å²) in [4.78, 5) is 0. The van der Waals surface area contributed by atoms with Crippen LogP contribution in [0.3, 0.4) is 0 Å². The minimum absolute atomic E-state index is 0.0633.